The highest BCUT2D eigenvalue weighted by atomic mass is 35.5. The smallest absolute Gasteiger partial charge is 0.0931 e. The molecule has 1 saturated carbocycles. The van der Waals surface area contributed by atoms with Crippen molar-refractivity contribution >= 4 is 22.9 Å². The van der Waals surface area contributed by atoms with Gasteiger partial charge in [-0.15, -0.1) is 11.3 Å². The summed E-state index contributed by atoms with van der Waals surface area (Å²) in [6.45, 7) is 4.58. The summed E-state index contributed by atoms with van der Waals surface area (Å²) >= 11 is 7.70. The molecule has 1 saturated heterocycles. The zero-order chi connectivity index (χ0) is 11.7. The maximum absolute atomic E-state index is 5.99. The fourth-order valence-corrected chi connectivity index (χ4v) is 4.35. The van der Waals surface area contributed by atoms with E-state index in [1.807, 2.05) is 6.07 Å². The summed E-state index contributed by atoms with van der Waals surface area (Å²) in [7, 11) is 0. The van der Waals surface area contributed by atoms with Gasteiger partial charge in [0.05, 0.1) is 4.34 Å². The second kappa shape index (κ2) is 4.88. The molecule has 1 aromatic heterocycles. The van der Waals surface area contributed by atoms with E-state index in [9.17, 15) is 0 Å². The van der Waals surface area contributed by atoms with E-state index in [1.54, 1.807) is 11.3 Å². The van der Waals surface area contributed by atoms with Crippen LogP contribution < -0.4 is 5.32 Å². The van der Waals surface area contributed by atoms with Crippen LogP contribution in [0.2, 0.25) is 4.34 Å². The van der Waals surface area contributed by atoms with Crippen molar-refractivity contribution in [3.63, 3.8) is 0 Å². The van der Waals surface area contributed by atoms with Gasteiger partial charge in [0.2, 0.25) is 0 Å². The van der Waals surface area contributed by atoms with E-state index < -0.39 is 0 Å². The molecule has 1 N–H and O–H groups in total. The van der Waals surface area contributed by atoms with Crippen LogP contribution in [0.1, 0.15) is 30.6 Å². The molecule has 3 rings (SSSR count). The van der Waals surface area contributed by atoms with Crippen LogP contribution in [0.5, 0.6) is 0 Å². The minimum atomic E-state index is 0.430. The highest BCUT2D eigenvalue weighted by Crippen LogP contribution is 2.33. The normalized spacial score (nSPS) is 24.5. The number of hydrogen-bond acceptors (Lipinski definition) is 3. The lowest BCUT2D eigenvalue weighted by atomic mass is 9.94. The Morgan fingerprint density at radius 3 is 2.88 bits per heavy atom. The molecule has 17 heavy (non-hydrogen) atoms. The van der Waals surface area contributed by atoms with Gasteiger partial charge in [-0.3, -0.25) is 4.90 Å². The number of halogens is 1. The van der Waals surface area contributed by atoms with Gasteiger partial charge in [-0.1, -0.05) is 24.4 Å². The van der Waals surface area contributed by atoms with E-state index in [1.165, 1.54) is 37.1 Å². The SMILES string of the molecule is Clc1ccc(CN2CCNC3(CCCC3)C2)s1. The highest BCUT2D eigenvalue weighted by Gasteiger charge is 2.37. The van der Waals surface area contributed by atoms with Gasteiger partial charge in [0, 0.05) is 36.6 Å². The summed E-state index contributed by atoms with van der Waals surface area (Å²) in [6, 6.07) is 4.17. The molecular weight excluding hydrogens is 252 g/mol. The van der Waals surface area contributed by atoms with E-state index in [0.717, 1.165) is 24.0 Å². The third-order valence-electron chi connectivity index (χ3n) is 4.02. The molecule has 2 aliphatic rings. The van der Waals surface area contributed by atoms with E-state index >= 15 is 0 Å². The zero-order valence-electron chi connectivity index (χ0n) is 10.0. The first kappa shape index (κ1) is 12.0. The molecule has 1 aliphatic carbocycles. The van der Waals surface area contributed by atoms with Crippen LogP contribution in [0.3, 0.4) is 0 Å². The third kappa shape index (κ3) is 2.68. The fourth-order valence-electron chi connectivity index (χ4n) is 3.22. The van der Waals surface area contributed by atoms with Gasteiger partial charge >= 0.3 is 0 Å². The lowest BCUT2D eigenvalue weighted by Gasteiger charge is -2.41. The molecule has 0 unspecified atom stereocenters. The number of piperazine rings is 1. The first-order chi connectivity index (χ1) is 8.26. The van der Waals surface area contributed by atoms with Crippen molar-refractivity contribution in [1.82, 2.24) is 10.2 Å². The molecule has 0 aromatic carbocycles. The van der Waals surface area contributed by atoms with Crippen LogP contribution in [0.15, 0.2) is 12.1 Å². The van der Waals surface area contributed by atoms with Crippen LogP contribution in [-0.4, -0.2) is 30.1 Å². The predicted molar refractivity (Wildman–Crippen MR) is 73.8 cm³/mol. The Morgan fingerprint density at radius 2 is 2.18 bits per heavy atom. The van der Waals surface area contributed by atoms with Crippen molar-refractivity contribution in [2.75, 3.05) is 19.6 Å². The van der Waals surface area contributed by atoms with Crippen LogP contribution in [-0.2, 0) is 6.54 Å². The van der Waals surface area contributed by atoms with Gasteiger partial charge in [-0.25, -0.2) is 0 Å². The van der Waals surface area contributed by atoms with E-state index in [-0.39, 0.29) is 0 Å². The monoisotopic (exact) mass is 270 g/mol. The standard InChI is InChI=1S/C13H19ClN2S/c14-12-4-3-11(17-12)9-16-8-7-15-13(10-16)5-1-2-6-13/h3-4,15H,1-2,5-10H2. The summed E-state index contributed by atoms with van der Waals surface area (Å²) < 4.78 is 0.908. The third-order valence-corrected chi connectivity index (χ3v) is 5.24. The molecule has 0 atom stereocenters. The number of nitrogens with one attached hydrogen (secondary N) is 1. The summed E-state index contributed by atoms with van der Waals surface area (Å²) in [5.74, 6) is 0. The van der Waals surface area contributed by atoms with Crippen molar-refractivity contribution in [2.45, 2.75) is 37.8 Å². The highest BCUT2D eigenvalue weighted by molar-refractivity contribution is 7.16. The van der Waals surface area contributed by atoms with Crippen molar-refractivity contribution in [2.24, 2.45) is 0 Å². The molecule has 94 valence electrons. The molecule has 2 nitrogen and oxygen atoms in total. The average molecular weight is 271 g/mol. The maximum Gasteiger partial charge on any atom is 0.0931 e. The topological polar surface area (TPSA) is 15.3 Å². The van der Waals surface area contributed by atoms with Crippen LogP contribution in [0.4, 0.5) is 0 Å². The Bertz CT molecular complexity index is 385. The van der Waals surface area contributed by atoms with E-state index in [2.05, 4.69) is 16.3 Å². The van der Waals surface area contributed by atoms with Crippen LogP contribution in [0.25, 0.3) is 0 Å². The zero-order valence-corrected chi connectivity index (χ0v) is 11.6. The second-order valence-electron chi connectivity index (χ2n) is 5.33. The first-order valence-electron chi connectivity index (χ1n) is 6.47. The molecular formula is C13H19ClN2S. The number of hydrogen-bond donors (Lipinski definition) is 1. The van der Waals surface area contributed by atoms with Crippen molar-refractivity contribution < 1.29 is 0 Å². The summed E-state index contributed by atoms with van der Waals surface area (Å²) in [5, 5.41) is 3.75. The minimum absolute atomic E-state index is 0.430. The molecule has 4 heteroatoms. The van der Waals surface area contributed by atoms with Crippen LogP contribution >= 0.6 is 22.9 Å². The van der Waals surface area contributed by atoms with Gasteiger partial charge in [0.25, 0.3) is 0 Å². The first-order valence-corrected chi connectivity index (χ1v) is 7.67. The van der Waals surface area contributed by atoms with E-state index in [4.69, 9.17) is 11.6 Å². The average Bonchev–Trinajstić information content (AvgIpc) is 2.89. The van der Waals surface area contributed by atoms with Crippen molar-refractivity contribution in [1.29, 1.82) is 0 Å². The van der Waals surface area contributed by atoms with Gasteiger partial charge in [0.15, 0.2) is 0 Å². The molecule has 1 aliphatic heterocycles. The summed E-state index contributed by atoms with van der Waals surface area (Å²) in [5.41, 5.74) is 0.430. The fraction of sp³-hybridized carbons (Fsp3) is 0.692. The number of nitrogens with zero attached hydrogens (tertiary/aromatic N) is 1. The largest absolute Gasteiger partial charge is 0.309 e. The molecule has 0 amide bonds. The lowest BCUT2D eigenvalue weighted by Crippen LogP contribution is -2.58. The Morgan fingerprint density at radius 1 is 1.35 bits per heavy atom. The predicted octanol–water partition coefficient (Wildman–Crippen LogP) is 3.12. The molecule has 0 radical (unpaired) electrons. The maximum atomic E-state index is 5.99. The van der Waals surface area contributed by atoms with Gasteiger partial charge in [0.1, 0.15) is 0 Å². The molecule has 0 bridgehead atoms. The van der Waals surface area contributed by atoms with Crippen molar-refractivity contribution in [3.05, 3.63) is 21.3 Å². The molecule has 1 spiro atoms. The summed E-state index contributed by atoms with van der Waals surface area (Å²) in [4.78, 5) is 3.98. The van der Waals surface area contributed by atoms with Gasteiger partial charge < -0.3 is 5.32 Å². The van der Waals surface area contributed by atoms with Gasteiger partial charge in [-0.05, 0) is 25.0 Å². The molecule has 2 heterocycles. The molecule has 2 fully saturated rings. The quantitative estimate of drug-likeness (QED) is 0.888. The summed E-state index contributed by atoms with van der Waals surface area (Å²) in [6.07, 6.45) is 5.50. The molecule has 1 aromatic rings. The van der Waals surface area contributed by atoms with Crippen LogP contribution in [0, 0.1) is 0 Å². The Hall–Kier alpha value is -0.0900. The van der Waals surface area contributed by atoms with Crippen molar-refractivity contribution in [3.8, 4) is 0 Å². The Labute approximate surface area is 112 Å². The second-order valence-corrected chi connectivity index (χ2v) is 7.13. The Kier molecular flexibility index (Phi) is 3.44. The lowest BCUT2D eigenvalue weighted by molar-refractivity contribution is 0.130. The Balaban J connectivity index is 1.64. The van der Waals surface area contributed by atoms with Gasteiger partial charge in [-0.2, -0.15) is 0 Å². The number of thiophene rings is 1. The number of rotatable bonds is 2. The van der Waals surface area contributed by atoms with E-state index in [0.29, 0.717) is 5.54 Å². The minimum Gasteiger partial charge on any atom is -0.309 e.